The molecule has 1 unspecified atom stereocenters. The molecular formula is C25H24F3NO4S. The number of ether oxygens (including phenoxy) is 2. The minimum atomic E-state index is -4.03. The van der Waals surface area contributed by atoms with Crippen LogP contribution in [0.2, 0.25) is 0 Å². The van der Waals surface area contributed by atoms with Gasteiger partial charge in [-0.3, -0.25) is 0 Å². The zero-order valence-corrected chi connectivity index (χ0v) is 19.4. The molecule has 3 aliphatic rings. The van der Waals surface area contributed by atoms with Gasteiger partial charge in [0.05, 0.1) is 0 Å². The van der Waals surface area contributed by atoms with Crippen LogP contribution < -0.4 is 0 Å². The zero-order valence-electron chi connectivity index (χ0n) is 18.6. The van der Waals surface area contributed by atoms with Crippen molar-refractivity contribution >= 4 is 10.0 Å². The Hall–Kier alpha value is -2.78. The van der Waals surface area contributed by atoms with E-state index in [-0.39, 0.29) is 17.9 Å². The summed E-state index contributed by atoms with van der Waals surface area (Å²) in [7, 11) is -4.03. The summed E-state index contributed by atoms with van der Waals surface area (Å²) in [6.45, 7) is 2.05. The van der Waals surface area contributed by atoms with Gasteiger partial charge in [0.15, 0.2) is 5.76 Å². The van der Waals surface area contributed by atoms with E-state index < -0.39 is 38.0 Å². The van der Waals surface area contributed by atoms with Crippen molar-refractivity contribution in [2.45, 2.75) is 43.1 Å². The molecule has 1 saturated heterocycles. The van der Waals surface area contributed by atoms with Crippen LogP contribution in [0.5, 0.6) is 0 Å². The predicted octanol–water partition coefficient (Wildman–Crippen LogP) is 5.26. The standard InChI is InChI=1S/C25H24F3NO4S/c1-24(34(30,31)29-13-3-2-4-14-29)16-22-21(15-23(24)28)32-25(33-22,17-5-9-19(26)10-6-17)18-7-11-20(27)12-8-18/h5-12,15H,2-4,13-14,16H2,1H3. The number of allylic oxidation sites excluding steroid dienone is 2. The summed E-state index contributed by atoms with van der Waals surface area (Å²) in [5.74, 6) is -3.21. The third kappa shape index (κ3) is 3.53. The minimum absolute atomic E-state index is 0.0532. The molecule has 2 aromatic rings. The average molecular weight is 492 g/mol. The molecule has 34 heavy (non-hydrogen) atoms. The van der Waals surface area contributed by atoms with Gasteiger partial charge < -0.3 is 9.47 Å². The molecule has 1 atom stereocenters. The second-order valence-electron chi connectivity index (χ2n) is 8.99. The lowest BCUT2D eigenvalue weighted by Gasteiger charge is -2.37. The van der Waals surface area contributed by atoms with Crippen LogP contribution in [0.1, 0.15) is 43.7 Å². The highest BCUT2D eigenvalue weighted by Gasteiger charge is 2.55. The number of hydrogen-bond donors (Lipinski definition) is 0. The molecule has 0 aromatic heterocycles. The molecule has 5 nitrogen and oxygen atoms in total. The topological polar surface area (TPSA) is 55.8 Å². The van der Waals surface area contributed by atoms with Crippen LogP contribution in [0, 0.1) is 11.6 Å². The molecule has 1 aliphatic carbocycles. The second-order valence-corrected chi connectivity index (χ2v) is 11.4. The molecule has 0 N–H and O–H groups in total. The number of rotatable bonds is 4. The van der Waals surface area contributed by atoms with Crippen LogP contribution in [0.25, 0.3) is 0 Å². The molecule has 0 spiro atoms. The Balaban J connectivity index is 1.54. The fourth-order valence-corrected chi connectivity index (χ4v) is 6.62. The zero-order chi connectivity index (χ0) is 24.1. The lowest BCUT2D eigenvalue weighted by molar-refractivity contribution is -0.126. The van der Waals surface area contributed by atoms with Crippen LogP contribution in [0.15, 0.2) is 72.0 Å². The molecule has 180 valence electrons. The summed E-state index contributed by atoms with van der Waals surface area (Å²) < 4.78 is 81.6. The molecule has 0 amide bonds. The van der Waals surface area contributed by atoms with E-state index in [9.17, 15) is 17.2 Å². The molecule has 0 bridgehead atoms. The van der Waals surface area contributed by atoms with Crippen LogP contribution in [-0.4, -0.2) is 30.6 Å². The van der Waals surface area contributed by atoms with E-state index in [1.807, 2.05) is 0 Å². The number of benzene rings is 2. The molecule has 2 aromatic carbocycles. The first-order valence-corrected chi connectivity index (χ1v) is 12.6. The Kier molecular flexibility index (Phi) is 5.52. The molecule has 2 aliphatic heterocycles. The number of piperidine rings is 1. The monoisotopic (exact) mass is 491 g/mol. The molecule has 0 radical (unpaired) electrons. The van der Waals surface area contributed by atoms with Crippen molar-refractivity contribution in [2.75, 3.05) is 13.1 Å². The maximum absolute atomic E-state index is 15.5. The Labute approximate surface area is 196 Å². The van der Waals surface area contributed by atoms with Gasteiger partial charge in [0, 0.05) is 36.7 Å². The van der Waals surface area contributed by atoms with E-state index >= 15 is 4.39 Å². The van der Waals surface area contributed by atoms with E-state index in [0.29, 0.717) is 24.2 Å². The second kappa shape index (κ2) is 8.16. The largest absolute Gasteiger partial charge is 0.445 e. The average Bonchev–Trinajstić information content (AvgIpc) is 3.19. The van der Waals surface area contributed by atoms with Gasteiger partial charge in [-0.2, -0.15) is 0 Å². The fourth-order valence-electron chi connectivity index (χ4n) is 4.69. The minimum Gasteiger partial charge on any atom is -0.445 e. The van der Waals surface area contributed by atoms with Crippen molar-refractivity contribution in [3.8, 4) is 0 Å². The number of hydrogen-bond acceptors (Lipinski definition) is 4. The number of halogens is 3. The van der Waals surface area contributed by atoms with Crippen LogP contribution in [0.4, 0.5) is 13.2 Å². The Morgan fingerprint density at radius 2 is 1.35 bits per heavy atom. The van der Waals surface area contributed by atoms with Crippen molar-refractivity contribution in [1.29, 1.82) is 0 Å². The third-order valence-electron chi connectivity index (χ3n) is 6.73. The molecule has 9 heteroatoms. The molecule has 2 heterocycles. The van der Waals surface area contributed by atoms with E-state index in [1.165, 1.54) is 59.8 Å². The first-order chi connectivity index (χ1) is 16.2. The normalized spacial score (nSPS) is 24.8. The summed E-state index contributed by atoms with van der Waals surface area (Å²) >= 11 is 0. The maximum atomic E-state index is 15.5. The van der Waals surface area contributed by atoms with Gasteiger partial charge in [-0.25, -0.2) is 25.9 Å². The van der Waals surface area contributed by atoms with E-state index in [4.69, 9.17) is 9.47 Å². The van der Waals surface area contributed by atoms with E-state index in [1.54, 1.807) is 0 Å². The molecule has 5 rings (SSSR count). The first kappa shape index (κ1) is 23.0. The molecular weight excluding hydrogens is 467 g/mol. The summed E-state index contributed by atoms with van der Waals surface area (Å²) in [5, 5.41) is 0. The van der Waals surface area contributed by atoms with Crippen LogP contribution >= 0.6 is 0 Å². The lowest BCUT2D eigenvalue weighted by atomic mass is 9.97. The van der Waals surface area contributed by atoms with Crippen molar-refractivity contribution in [3.63, 3.8) is 0 Å². The van der Waals surface area contributed by atoms with Crippen molar-refractivity contribution < 1.29 is 31.1 Å². The third-order valence-corrected chi connectivity index (χ3v) is 9.25. The SMILES string of the molecule is CC1(S(=O)(=O)N2CCCCC2)CC2=C(C=C1F)OC(c1ccc(F)cc1)(c1ccc(F)cc1)O2. The van der Waals surface area contributed by atoms with Gasteiger partial charge >= 0.3 is 5.79 Å². The van der Waals surface area contributed by atoms with Crippen molar-refractivity contribution in [2.24, 2.45) is 0 Å². The van der Waals surface area contributed by atoms with E-state index in [2.05, 4.69) is 0 Å². The fraction of sp³-hybridized carbons (Fsp3) is 0.360. The summed E-state index contributed by atoms with van der Waals surface area (Å²) in [4.78, 5) is 0. The highest BCUT2D eigenvalue weighted by atomic mass is 32.2. The number of nitrogens with zero attached hydrogens (tertiary/aromatic N) is 1. The smallest absolute Gasteiger partial charge is 0.305 e. The van der Waals surface area contributed by atoms with Gasteiger partial charge in [-0.1, -0.05) is 6.42 Å². The maximum Gasteiger partial charge on any atom is 0.305 e. The molecule has 1 fully saturated rings. The van der Waals surface area contributed by atoms with Gasteiger partial charge in [0.25, 0.3) is 0 Å². The van der Waals surface area contributed by atoms with Crippen molar-refractivity contribution in [1.82, 2.24) is 4.31 Å². The van der Waals surface area contributed by atoms with Gasteiger partial charge in [0.1, 0.15) is 28.0 Å². The number of sulfonamides is 1. The molecule has 0 saturated carbocycles. The quantitative estimate of drug-likeness (QED) is 0.586. The van der Waals surface area contributed by atoms with Crippen molar-refractivity contribution in [3.05, 3.63) is 94.7 Å². The van der Waals surface area contributed by atoms with Crippen LogP contribution in [0.3, 0.4) is 0 Å². The summed E-state index contributed by atoms with van der Waals surface area (Å²) in [6, 6.07) is 10.7. The highest BCUT2D eigenvalue weighted by Crippen LogP contribution is 2.51. The van der Waals surface area contributed by atoms with Gasteiger partial charge in [-0.15, -0.1) is 0 Å². The summed E-state index contributed by atoms with van der Waals surface area (Å²) in [5.41, 5.74) is 0.786. The Bertz CT molecular complexity index is 1220. The Morgan fingerprint density at radius 3 is 1.88 bits per heavy atom. The van der Waals surface area contributed by atoms with Gasteiger partial charge in [0.2, 0.25) is 10.0 Å². The van der Waals surface area contributed by atoms with Crippen LogP contribution in [-0.2, 0) is 25.3 Å². The first-order valence-electron chi connectivity index (χ1n) is 11.2. The Morgan fingerprint density at radius 1 is 0.824 bits per heavy atom. The highest BCUT2D eigenvalue weighted by molar-refractivity contribution is 7.90. The van der Waals surface area contributed by atoms with E-state index in [0.717, 1.165) is 25.3 Å². The van der Waals surface area contributed by atoms with Gasteiger partial charge in [-0.05, 0) is 68.3 Å². The lowest BCUT2D eigenvalue weighted by Crippen LogP contribution is -2.49. The predicted molar refractivity (Wildman–Crippen MR) is 119 cm³/mol. The summed E-state index contributed by atoms with van der Waals surface area (Å²) in [6.07, 6.45) is 3.17.